The number of hydrogen-bond acceptors (Lipinski definition) is 2. The van der Waals surface area contributed by atoms with Crippen molar-refractivity contribution in [1.82, 2.24) is 0 Å². The van der Waals surface area contributed by atoms with Crippen molar-refractivity contribution in [3.8, 4) is 11.5 Å². The number of benzene rings is 2. The Morgan fingerprint density at radius 2 is 1.61 bits per heavy atom. The van der Waals surface area contributed by atoms with Crippen molar-refractivity contribution in [2.75, 3.05) is 6.61 Å². The van der Waals surface area contributed by atoms with Gasteiger partial charge in [-0.2, -0.15) is 0 Å². The van der Waals surface area contributed by atoms with Gasteiger partial charge >= 0.3 is 0 Å². The van der Waals surface area contributed by atoms with Gasteiger partial charge < -0.3 is 9.47 Å². The maximum Gasteiger partial charge on any atom is 0.161 e. The summed E-state index contributed by atoms with van der Waals surface area (Å²) >= 11 is 3.69. The minimum atomic E-state index is -0.0118. The maximum absolute atomic E-state index is 5.98. The lowest BCUT2D eigenvalue weighted by atomic mass is 10.1. The lowest BCUT2D eigenvalue weighted by molar-refractivity contribution is 0.0905. The van der Waals surface area contributed by atoms with E-state index in [-0.39, 0.29) is 10.9 Å². The van der Waals surface area contributed by atoms with E-state index in [1.54, 1.807) is 0 Å². The summed E-state index contributed by atoms with van der Waals surface area (Å²) < 4.78 is 11.7. The molecule has 2 atom stereocenters. The van der Waals surface area contributed by atoms with Crippen LogP contribution in [0.25, 0.3) is 0 Å². The Kier molecular flexibility index (Phi) is 3.24. The van der Waals surface area contributed by atoms with Crippen LogP contribution in [0.4, 0.5) is 0 Å². The maximum atomic E-state index is 5.98. The Balaban J connectivity index is 1.80. The summed E-state index contributed by atoms with van der Waals surface area (Å²) in [5, 5.41) is 0. The van der Waals surface area contributed by atoms with Gasteiger partial charge in [-0.25, -0.2) is 0 Å². The molecule has 2 aromatic carbocycles. The largest absolute Gasteiger partial charge is 0.486 e. The lowest BCUT2D eigenvalue weighted by Gasteiger charge is -2.29. The molecule has 0 amide bonds. The van der Waals surface area contributed by atoms with Gasteiger partial charge in [-0.05, 0) is 17.7 Å². The summed E-state index contributed by atoms with van der Waals surface area (Å²) in [7, 11) is 0. The molecule has 0 radical (unpaired) electrons. The molecule has 92 valence electrons. The van der Waals surface area contributed by atoms with E-state index in [1.165, 1.54) is 5.56 Å². The summed E-state index contributed by atoms with van der Waals surface area (Å²) in [6, 6.07) is 18.0. The Labute approximate surface area is 115 Å². The Morgan fingerprint density at radius 3 is 2.39 bits per heavy atom. The third-order valence-corrected chi connectivity index (χ3v) is 4.09. The molecule has 3 rings (SSSR count). The summed E-state index contributed by atoms with van der Waals surface area (Å²) in [4.78, 5) is 0.132. The van der Waals surface area contributed by atoms with E-state index in [2.05, 4.69) is 28.1 Å². The van der Waals surface area contributed by atoms with E-state index in [9.17, 15) is 0 Å². The molecule has 2 unspecified atom stereocenters. The fourth-order valence-corrected chi connectivity index (χ4v) is 2.60. The number of ether oxygens (including phenoxy) is 2. The second-order valence-corrected chi connectivity index (χ2v) is 5.21. The van der Waals surface area contributed by atoms with Gasteiger partial charge in [0.1, 0.15) is 12.7 Å². The van der Waals surface area contributed by atoms with Crippen LogP contribution >= 0.6 is 15.9 Å². The predicted molar refractivity (Wildman–Crippen MR) is 74.5 cm³/mol. The number of alkyl halides is 1. The second-order valence-electron chi connectivity index (χ2n) is 4.23. The number of rotatable bonds is 2. The van der Waals surface area contributed by atoms with Crippen LogP contribution in [0.5, 0.6) is 11.5 Å². The molecule has 1 aliphatic rings. The Hall–Kier alpha value is -1.48. The molecule has 0 saturated carbocycles. The van der Waals surface area contributed by atoms with Gasteiger partial charge in [0.05, 0.1) is 4.83 Å². The van der Waals surface area contributed by atoms with Crippen molar-refractivity contribution in [2.24, 2.45) is 0 Å². The normalized spacial score (nSPS) is 19.3. The van der Waals surface area contributed by atoms with Crippen LogP contribution in [0.2, 0.25) is 0 Å². The number of para-hydroxylation sites is 2. The third kappa shape index (κ3) is 2.23. The van der Waals surface area contributed by atoms with Crippen LogP contribution in [-0.4, -0.2) is 12.7 Å². The standard InChI is InChI=1S/C15H13BrO2/c16-15(11-6-2-1-3-7-11)14-10-17-12-8-4-5-9-13(12)18-14/h1-9,14-15H,10H2. The molecule has 0 spiro atoms. The Bertz CT molecular complexity index is 527. The molecule has 2 aromatic rings. The number of hydrogen-bond donors (Lipinski definition) is 0. The van der Waals surface area contributed by atoms with Gasteiger partial charge in [0, 0.05) is 0 Å². The van der Waals surface area contributed by atoms with Gasteiger partial charge in [-0.3, -0.25) is 0 Å². The van der Waals surface area contributed by atoms with Gasteiger partial charge in [-0.1, -0.05) is 58.4 Å². The summed E-state index contributed by atoms with van der Waals surface area (Å²) in [6.45, 7) is 0.557. The third-order valence-electron chi connectivity index (χ3n) is 2.98. The fraction of sp³-hybridized carbons (Fsp3) is 0.200. The zero-order valence-corrected chi connectivity index (χ0v) is 11.3. The SMILES string of the molecule is BrC(c1ccccc1)C1COc2ccccc2O1. The molecule has 0 saturated heterocycles. The van der Waals surface area contributed by atoms with E-state index < -0.39 is 0 Å². The van der Waals surface area contributed by atoms with Crippen LogP contribution in [0.3, 0.4) is 0 Å². The van der Waals surface area contributed by atoms with Crippen molar-refractivity contribution in [3.63, 3.8) is 0 Å². The molecule has 0 bridgehead atoms. The quantitative estimate of drug-likeness (QED) is 0.782. The predicted octanol–water partition coefficient (Wildman–Crippen LogP) is 3.96. The van der Waals surface area contributed by atoms with Crippen molar-refractivity contribution < 1.29 is 9.47 Å². The topological polar surface area (TPSA) is 18.5 Å². The lowest BCUT2D eigenvalue weighted by Crippen LogP contribution is -2.32. The molecule has 0 fully saturated rings. The van der Waals surface area contributed by atoms with Crippen LogP contribution in [-0.2, 0) is 0 Å². The summed E-state index contributed by atoms with van der Waals surface area (Å²) in [5.74, 6) is 1.63. The number of halogens is 1. The van der Waals surface area contributed by atoms with Gasteiger partial charge in [0.25, 0.3) is 0 Å². The summed E-state index contributed by atoms with van der Waals surface area (Å²) in [6.07, 6.45) is -0.0118. The van der Waals surface area contributed by atoms with Crippen LogP contribution in [0.1, 0.15) is 10.4 Å². The highest BCUT2D eigenvalue weighted by molar-refractivity contribution is 9.09. The van der Waals surface area contributed by atoms with E-state index in [1.807, 2.05) is 42.5 Å². The monoisotopic (exact) mass is 304 g/mol. The summed E-state index contributed by atoms with van der Waals surface area (Å²) in [5.41, 5.74) is 1.20. The van der Waals surface area contributed by atoms with Gasteiger partial charge in [0.15, 0.2) is 11.5 Å². The first kappa shape index (κ1) is 11.6. The van der Waals surface area contributed by atoms with Crippen molar-refractivity contribution in [3.05, 3.63) is 60.2 Å². The molecule has 0 N–H and O–H groups in total. The second kappa shape index (κ2) is 5.02. The Morgan fingerprint density at radius 1 is 0.944 bits per heavy atom. The minimum absolute atomic E-state index is 0.0118. The first-order chi connectivity index (χ1) is 8.84. The molecule has 0 aliphatic carbocycles. The molecule has 3 heteroatoms. The molecule has 18 heavy (non-hydrogen) atoms. The van der Waals surface area contributed by atoms with Crippen LogP contribution < -0.4 is 9.47 Å². The molecule has 1 aliphatic heterocycles. The zero-order chi connectivity index (χ0) is 12.4. The number of fused-ring (bicyclic) bond motifs is 1. The highest BCUT2D eigenvalue weighted by Crippen LogP contribution is 2.37. The van der Waals surface area contributed by atoms with E-state index in [4.69, 9.17) is 9.47 Å². The van der Waals surface area contributed by atoms with E-state index in [0.29, 0.717) is 6.61 Å². The van der Waals surface area contributed by atoms with Gasteiger partial charge in [0.2, 0.25) is 0 Å². The van der Waals surface area contributed by atoms with Crippen molar-refractivity contribution in [1.29, 1.82) is 0 Å². The average molecular weight is 305 g/mol. The van der Waals surface area contributed by atoms with E-state index in [0.717, 1.165) is 11.5 Å². The van der Waals surface area contributed by atoms with Gasteiger partial charge in [-0.15, -0.1) is 0 Å². The molecular weight excluding hydrogens is 292 g/mol. The fourth-order valence-electron chi connectivity index (χ4n) is 2.03. The highest BCUT2D eigenvalue weighted by atomic mass is 79.9. The molecule has 0 aromatic heterocycles. The molecular formula is C15H13BrO2. The molecule has 2 nitrogen and oxygen atoms in total. The van der Waals surface area contributed by atoms with Crippen LogP contribution in [0, 0.1) is 0 Å². The average Bonchev–Trinajstić information content (AvgIpc) is 2.47. The zero-order valence-electron chi connectivity index (χ0n) is 9.75. The molecule has 1 heterocycles. The smallest absolute Gasteiger partial charge is 0.161 e. The first-order valence-electron chi connectivity index (χ1n) is 5.92. The minimum Gasteiger partial charge on any atom is -0.486 e. The highest BCUT2D eigenvalue weighted by Gasteiger charge is 2.27. The van der Waals surface area contributed by atoms with Crippen molar-refractivity contribution >= 4 is 15.9 Å². The van der Waals surface area contributed by atoms with Crippen molar-refractivity contribution in [2.45, 2.75) is 10.9 Å². The van der Waals surface area contributed by atoms with Crippen LogP contribution in [0.15, 0.2) is 54.6 Å². The first-order valence-corrected chi connectivity index (χ1v) is 6.83. The van der Waals surface area contributed by atoms with E-state index >= 15 is 0 Å².